The lowest BCUT2D eigenvalue weighted by Crippen LogP contribution is -2.24. The number of rotatable bonds is 6. The molecule has 0 bridgehead atoms. The average molecular weight is 413 g/mol. The molecule has 0 atom stereocenters. The van der Waals surface area contributed by atoms with Crippen LogP contribution in [0.5, 0.6) is 0 Å². The number of nitrogens with one attached hydrogen (secondary N) is 2. The zero-order chi connectivity index (χ0) is 21.0. The zero-order valence-electron chi connectivity index (χ0n) is 15.9. The summed E-state index contributed by atoms with van der Waals surface area (Å²) in [6, 6.07) is 13.8. The van der Waals surface area contributed by atoms with Gasteiger partial charge in [-0.1, -0.05) is 18.2 Å². The number of benzene rings is 2. The smallest absolute Gasteiger partial charge is 0.264 e. The van der Waals surface area contributed by atoms with Crippen LogP contribution in [0, 0.1) is 19.7 Å². The molecule has 1 amide bonds. The molecule has 0 aliphatic carbocycles. The third-order valence-corrected chi connectivity index (χ3v) is 5.66. The van der Waals surface area contributed by atoms with E-state index in [0.717, 1.165) is 17.7 Å². The Morgan fingerprint density at radius 1 is 1.07 bits per heavy atom. The first-order chi connectivity index (χ1) is 13.8. The van der Waals surface area contributed by atoms with Gasteiger partial charge >= 0.3 is 0 Å². The second-order valence-electron chi connectivity index (χ2n) is 6.57. The predicted molar refractivity (Wildman–Crippen MR) is 109 cm³/mol. The van der Waals surface area contributed by atoms with E-state index < -0.39 is 26.6 Å². The summed E-state index contributed by atoms with van der Waals surface area (Å²) in [6.07, 6.45) is 1.60. The van der Waals surface area contributed by atoms with Gasteiger partial charge in [0.2, 0.25) is 0 Å². The number of pyridine rings is 1. The van der Waals surface area contributed by atoms with Gasteiger partial charge in [0.1, 0.15) is 10.7 Å². The van der Waals surface area contributed by atoms with Crippen LogP contribution in [0.4, 0.5) is 10.1 Å². The Morgan fingerprint density at radius 3 is 2.59 bits per heavy atom. The molecule has 0 saturated heterocycles. The molecule has 1 heterocycles. The van der Waals surface area contributed by atoms with Crippen molar-refractivity contribution in [3.8, 4) is 0 Å². The van der Waals surface area contributed by atoms with Crippen LogP contribution in [0.15, 0.2) is 65.7 Å². The Morgan fingerprint density at radius 2 is 1.86 bits per heavy atom. The van der Waals surface area contributed by atoms with Crippen molar-refractivity contribution < 1.29 is 17.6 Å². The molecule has 0 aliphatic rings. The number of amides is 1. The van der Waals surface area contributed by atoms with Crippen molar-refractivity contribution in [2.24, 2.45) is 0 Å². The molecule has 0 spiro atoms. The van der Waals surface area contributed by atoms with Crippen molar-refractivity contribution in [2.45, 2.75) is 25.3 Å². The number of anilines is 1. The van der Waals surface area contributed by atoms with Gasteiger partial charge in [-0.05, 0) is 61.4 Å². The number of halogens is 1. The molecule has 8 heteroatoms. The molecular formula is C21H20FN3O3S. The number of hydrogen-bond acceptors (Lipinski definition) is 4. The van der Waals surface area contributed by atoms with Gasteiger partial charge in [-0.25, -0.2) is 12.8 Å². The van der Waals surface area contributed by atoms with Gasteiger partial charge in [0.05, 0.1) is 17.9 Å². The van der Waals surface area contributed by atoms with Crippen LogP contribution in [0.2, 0.25) is 0 Å². The van der Waals surface area contributed by atoms with Gasteiger partial charge < -0.3 is 5.32 Å². The summed E-state index contributed by atoms with van der Waals surface area (Å²) in [4.78, 5) is 15.9. The molecule has 2 N–H and O–H groups in total. The number of aryl methyl sites for hydroxylation is 2. The highest BCUT2D eigenvalue weighted by molar-refractivity contribution is 7.92. The maximum atomic E-state index is 14.3. The van der Waals surface area contributed by atoms with Crippen molar-refractivity contribution in [1.29, 1.82) is 0 Å². The molecule has 0 saturated carbocycles. The molecule has 3 rings (SSSR count). The van der Waals surface area contributed by atoms with E-state index in [1.54, 1.807) is 43.5 Å². The molecule has 1 aromatic heterocycles. The number of sulfonamides is 1. The highest BCUT2D eigenvalue weighted by atomic mass is 32.2. The Balaban J connectivity index is 1.84. The van der Waals surface area contributed by atoms with Gasteiger partial charge in [0.15, 0.2) is 0 Å². The summed E-state index contributed by atoms with van der Waals surface area (Å²) in [5.41, 5.74) is 2.59. The summed E-state index contributed by atoms with van der Waals surface area (Å²) < 4.78 is 42.2. The SMILES string of the molecule is Cc1ccc(C)c(NS(=O)(=O)c2cc(C(=O)NCc3ccccn3)ccc2F)c1. The fraction of sp³-hybridized carbons (Fsp3) is 0.143. The molecule has 6 nitrogen and oxygen atoms in total. The number of carbonyl (C=O) groups excluding carboxylic acids is 1. The lowest BCUT2D eigenvalue weighted by Gasteiger charge is -2.13. The largest absolute Gasteiger partial charge is 0.346 e. The second kappa shape index (κ2) is 8.40. The molecule has 0 aliphatic heterocycles. The first-order valence-electron chi connectivity index (χ1n) is 8.84. The van der Waals surface area contributed by atoms with Crippen molar-refractivity contribution in [3.05, 3.63) is 89.0 Å². The van der Waals surface area contributed by atoms with E-state index in [9.17, 15) is 17.6 Å². The van der Waals surface area contributed by atoms with Gasteiger partial charge in [-0.3, -0.25) is 14.5 Å². The predicted octanol–water partition coefficient (Wildman–Crippen LogP) is 3.57. The van der Waals surface area contributed by atoms with E-state index in [1.165, 1.54) is 6.07 Å². The Hall–Kier alpha value is -3.26. The number of aromatic nitrogens is 1. The van der Waals surface area contributed by atoms with Crippen LogP contribution in [0.3, 0.4) is 0 Å². The van der Waals surface area contributed by atoms with E-state index >= 15 is 0 Å². The first-order valence-corrected chi connectivity index (χ1v) is 10.3. The normalized spacial score (nSPS) is 11.1. The Bertz CT molecular complexity index is 1150. The molecule has 0 radical (unpaired) electrons. The van der Waals surface area contributed by atoms with Crippen LogP contribution < -0.4 is 10.0 Å². The van der Waals surface area contributed by atoms with Gasteiger partial charge in [0.25, 0.3) is 15.9 Å². The minimum absolute atomic E-state index is 0.0312. The topological polar surface area (TPSA) is 88.2 Å². The minimum atomic E-state index is -4.22. The lowest BCUT2D eigenvalue weighted by atomic mass is 10.1. The molecular weight excluding hydrogens is 393 g/mol. The van der Waals surface area contributed by atoms with Crippen LogP contribution in [-0.4, -0.2) is 19.3 Å². The molecule has 2 aromatic carbocycles. The first kappa shape index (κ1) is 20.5. The van der Waals surface area contributed by atoms with Crippen LogP contribution >= 0.6 is 0 Å². The van der Waals surface area contributed by atoms with Crippen LogP contribution in [0.25, 0.3) is 0 Å². The highest BCUT2D eigenvalue weighted by Gasteiger charge is 2.22. The molecule has 0 fully saturated rings. The monoisotopic (exact) mass is 413 g/mol. The van der Waals surface area contributed by atoms with E-state index in [4.69, 9.17) is 0 Å². The van der Waals surface area contributed by atoms with E-state index in [0.29, 0.717) is 16.9 Å². The minimum Gasteiger partial charge on any atom is -0.346 e. The summed E-state index contributed by atoms with van der Waals surface area (Å²) in [7, 11) is -4.22. The summed E-state index contributed by atoms with van der Waals surface area (Å²) in [6.45, 7) is 3.74. The third-order valence-electron chi connectivity index (χ3n) is 4.28. The third kappa shape index (κ3) is 4.97. The summed E-state index contributed by atoms with van der Waals surface area (Å²) >= 11 is 0. The lowest BCUT2D eigenvalue weighted by molar-refractivity contribution is 0.0950. The van der Waals surface area contributed by atoms with Crippen molar-refractivity contribution in [2.75, 3.05) is 4.72 Å². The summed E-state index contributed by atoms with van der Waals surface area (Å²) in [5.74, 6) is -1.47. The fourth-order valence-corrected chi connectivity index (χ4v) is 3.90. The fourth-order valence-electron chi connectivity index (χ4n) is 2.67. The van der Waals surface area contributed by atoms with Crippen LogP contribution in [-0.2, 0) is 16.6 Å². The molecule has 3 aromatic rings. The number of hydrogen-bond donors (Lipinski definition) is 2. The van der Waals surface area contributed by atoms with E-state index in [-0.39, 0.29) is 12.1 Å². The standard InChI is InChI=1S/C21H20FN3O3S/c1-14-6-7-15(2)19(11-14)25-29(27,28)20-12-16(8-9-18(20)22)21(26)24-13-17-5-3-4-10-23-17/h3-12,25H,13H2,1-2H3,(H,24,26). The second-order valence-corrected chi connectivity index (χ2v) is 8.22. The summed E-state index contributed by atoms with van der Waals surface area (Å²) in [5, 5.41) is 2.64. The maximum absolute atomic E-state index is 14.3. The van der Waals surface area contributed by atoms with Crippen molar-refractivity contribution in [3.63, 3.8) is 0 Å². The highest BCUT2D eigenvalue weighted by Crippen LogP contribution is 2.23. The average Bonchev–Trinajstić information content (AvgIpc) is 2.69. The van der Waals surface area contributed by atoms with Gasteiger partial charge in [-0.15, -0.1) is 0 Å². The molecule has 0 unspecified atom stereocenters. The van der Waals surface area contributed by atoms with Gasteiger partial charge in [-0.2, -0.15) is 0 Å². The maximum Gasteiger partial charge on any atom is 0.264 e. The van der Waals surface area contributed by atoms with Crippen molar-refractivity contribution in [1.82, 2.24) is 10.3 Å². The Kier molecular flexibility index (Phi) is 5.93. The number of carbonyl (C=O) groups is 1. The quantitative estimate of drug-likeness (QED) is 0.647. The molecule has 150 valence electrons. The number of nitrogens with zero attached hydrogens (tertiary/aromatic N) is 1. The Labute approximate surface area is 168 Å². The van der Waals surface area contributed by atoms with Gasteiger partial charge in [0, 0.05) is 11.8 Å². The molecule has 29 heavy (non-hydrogen) atoms. The van der Waals surface area contributed by atoms with E-state index in [1.807, 2.05) is 13.0 Å². The zero-order valence-corrected chi connectivity index (χ0v) is 16.8. The van der Waals surface area contributed by atoms with Crippen LogP contribution in [0.1, 0.15) is 27.2 Å². The van der Waals surface area contributed by atoms with E-state index in [2.05, 4.69) is 15.0 Å². The van der Waals surface area contributed by atoms with Crippen molar-refractivity contribution >= 4 is 21.6 Å².